The third-order valence-electron chi connectivity index (χ3n) is 5.82. The number of hydrogen-bond donors (Lipinski definition) is 0. The summed E-state index contributed by atoms with van der Waals surface area (Å²) in [6.45, 7) is 12.1. The fourth-order valence-electron chi connectivity index (χ4n) is 4.01. The zero-order valence-electron chi connectivity index (χ0n) is 14.7. The molecule has 0 bridgehead atoms. The first-order valence-electron chi connectivity index (χ1n) is 9.11. The Hall–Kier alpha value is -0.120. The van der Waals surface area contributed by atoms with E-state index < -0.39 is 0 Å². The van der Waals surface area contributed by atoms with Crippen LogP contribution in [0.5, 0.6) is 0 Å². The van der Waals surface area contributed by atoms with Gasteiger partial charge >= 0.3 is 0 Å². The van der Waals surface area contributed by atoms with Crippen LogP contribution in [0.2, 0.25) is 0 Å². The van der Waals surface area contributed by atoms with E-state index in [0.29, 0.717) is 12.1 Å². The summed E-state index contributed by atoms with van der Waals surface area (Å²) >= 11 is 0. The summed E-state index contributed by atoms with van der Waals surface area (Å²) in [6, 6.07) is 1.47. The van der Waals surface area contributed by atoms with Gasteiger partial charge in [-0.05, 0) is 65.2 Å². The lowest BCUT2D eigenvalue weighted by Gasteiger charge is -2.40. The van der Waals surface area contributed by atoms with Gasteiger partial charge in [-0.3, -0.25) is 9.80 Å². The number of ether oxygens (including phenoxy) is 1. The van der Waals surface area contributed by atoms with E-state index in [1.54, 1.807) is 0 Å². The van der Waals surface area contributed by atoms with Crippen LogP contribution in [-0.4, -0.2) is 61.3 Å². The monoisotopic (exact) mass is 296 g/mol. The first kappa shape index (κ1) is 17.2. The van der Waals surface area contributed by atoms with Gasteiger partial charge in [-0.15, -0.1) is 0 Å². The molecule has 0 aromatic heterocycles. The molecule has 0 radical (unpaired) electrons. The molecule has 1 heterocycles. The van der Waals surface area contributed by atoms with Crippen LogP contribution >= 0.6 is 0 Å². The molecular weight excluding hydrogens is 260 g/mol. The molecule has 124 valence electrons. The van der Waals surface area contributed by atoms with Crippen LogP contribution in [0.3, 0.4) is 0 Å². The fourth-order valence-corrected chi connectivity index (χ4v) is 4.01. The topological polar surface area (TPSA) is 15.7 Å². The molecule has 0 spiro atoms. The Balaban J connectivity index is 1.63. The Morgan fingerprint density at radius 1 is 0.905 bits per heavy atom. The molecule has 1 saturated carbocycles. The summed E-state index contributed by atoms with van der Waals surface area (Å²) in [7, 11) is 1.86. The van der Waals surface area contributed by atoms with Gasteiger partial charge in [0, 0.05) is 45.4 Å². The summed E-state index contributed by atoms with van der Waals surface area (Å²) < 4.78 is 5.48. The summed E-state index contributed by atoms with van der Waals surface area (Å²) in [5.74, 6) is 0.954. The van der Waals surface area contributed by atoms with Gasteiger partial charge in [0.15, 0.2) is 0 Å². The number of methoxy groups -OCH3 is 1. The molecule has 0 N–H and O–H groups in total. The minimum atomic E-state index is 0.544. The van der Waals surface area contributed by atoms with Crippen LogP contribution in [-0.2, 0) is 4.74 Å². The summed E-state index contributed by atoms with van der Waals surface area (Å²) in [5, 5.41) is 0. The standard InChI is InChI=1S/C18H36N2O/c1-15(2)19-11-13-20(14-12-19)16(3)5-6-17-7-9-18(21-4)10-8-17/h15-18H,5-14H2,1-4H3/t16-,17?,18?/m1/s1. The normalized spacial score (nSPS) is 30.7. The minimum Gasteiger partial charge on any atom is -0.381 e. The van der Waals surface area contributed by atoms with Crippen molar-refractivity contribution in [2.45, 2.75) is 77.5 Å². The van der Waals surface area contributed by atoms with Gasteiger partial charge in [-0.2, -0.15) is 0 Å². The van der Waals surface area contributed by atoms with E-state index >= 15 is 0 Å². The molecule has 1 aliphatic carbocycles. The molecule has 0 unspecified atom stereocenters. The third kappa shape index (κ3) is 5.22. The van der Waals surface area contributed by atoms with E-state index in [0.717, 1.165) is 12.0 Å². The Morgan fingerprint density at radius 2 is 1.48 bits per heavy atom. The molecule has 0 aromatic carbocycles. The molecule has 1 saturated heterocycles. The fraction of sp³-hybridized carbons (Fsp3) is 1.00. The van der Waals surface area contributed by atoms with Gasteiger partial charge in [-0.25, -0.2) is 0 Å². The van der Waals surface area contributed by atoms with E-state index in [1.165, 1.54) is 64.7 Å². The summed E-state index contributed by atoms with van der Waals surface area (Å²) in [6.07, 6.45) is 8.67. The van der Waals surface area contributed by atoms with Crippen molar-refractivity contribution < 1.29 is 4.74 Å². The van der Waals surface area contributed by atoms with E-state index in [4.69, 9.17) is 4.74 Å². The summed E-state index contributed by atoms with van der Waals surface area (Å²) in [5.41, 5.74) is 0. The molecule has 3 heteroatoms. The molecule has 2 fully saturated rings. The Morgan fingerprint density at radius 3 is 2.00 bits per heavy atom. The SMILES string of the molecule is COC1CCC(CC[C@@H](C)N2CCN(C(C)C)CC2)CC1. The molecule has 2 aliphatic rings. The van der Waals surface area contributed by atoms with Crippen molar-refractivity contribution >= 4 is 0 Å². The Labute approximate surface area is 132 Å². The Bertz CT molecular complexity index is 279. The second-order valence-electron chi connectivity index (χ2n) is 7.47. The molecule has 0 amide bonds. The molecule has 21 heavy (non-hydrogen) atoms. The number of rotatable bonds is 6. The van der Waals surface area contributed by atoms with Crippen molar-refractivity contribution in [3.63, 3.8) is 0 Å². The smallest absolute Gasteiger partial charge is 0.0571 e. The van der Waals surface area contributed by atoms with Gasteiger partial charge in [0.2, 0.25) is 0 Å². The van der Waals surface area contributed by atoms with Crippen molar-refractivity contribution in [3.8, 4) is 0 Å². The van der Waals surface area contributed by atoms with Crippen LogP contribution in [0.4, 0.5) is 0 Å². The average molecular weight is 296 g/mol. The van der Waals surface area contributed by atoms with Crippen molar-refractivity contribution in [1.29, 1.82) is 0 Å². The van der Waals surface area contributed by atoms with E-state index in [-0.39, 0.29) is 0 Å². The quantitative estimate of drug-likeness (QED) is 0.747. The summed E-state index contributed by atoms with van der Waals surface area (Å²) in [4.78, 5) is 5.31. The van der Waals surface area contributed by atoms with Crippen LogP contribution in [0, 0.1) is 5.92 Å². The van der Waals surface area contributed by atoms with Crippen LogP contribution in [0.1, 0.15) is 59.3 Å². The van der Waals surface area contributed by atoms with Gasteiger partial charge in [0.05, 0.1) is 6.10 Å². The minimum absolute atomic E-state index is 0.544. The van der Waals surface area contributed by atoms with Gasteiger partial charge in [-0.1, -0.05) is 0 Å². The zero-order valence-corrected chi connectivity index (χ0v) is 14.7. The van der Waals surface area contributed by atoms with Gasteiger partial charge < -0.3 is 4.74 Å². The van der Waals surface area contributed by atoms with E-state index in [1.807, 2.05) is 7.11 Å². The van der Waals surface area contributed by atoms with Crippen LogP contribution in [0.25, 0.3) is 0 Å². The highest BCUT2D eigenvalue weighted by molar-refractivity contribution is 4.79. The second kappa shape index (κ2) is 8.50. The highest BCUT2D eigenvalue weighted by Crippen LogP contribution is 2.30. The van der Waals surface area contributed by atoms with Crippen molar-refractivity contribution in [3.05, 3.63) is 0 Å². The first-order valence-corrected chi connectivity index (χ1v) is 9.11. The largest absolute Gasteiger partial charge is 0.381 e. The van der Waals surface area contributed by atoms with Gasteiger partial charge in [0.25, 0.3) is 0 Å². The predicted octanol–water partition coefficient (Wildman–Crippen LogP) is 3.39. The van der Waals surface area contributed by atoms with Crippen molar-refractivity contribution in [1.82, 2.24) is 9.80 Å². The number of nitrogens with zero attached hydrogens (tertiary/aromatic N) is 2. The van der Waals surface area contributed by atoms with Crippen molar-refractivity contribution in [2.75, 3.05) is 33.3 Å². The Kier molecular flexibility index (Phi) is 6.97. The van der Waals surface area contributed by atoms with E-state index in [9.17, 15) is 0 Å². The number of piperazine rings is 1. The van der Waals surface area contributed by atoms with Crippen LogP contribution in [0.15, 0.2) is 0 Å². The maximum atomic E-state index is 5.48. The second-order valence-corrected chi connectivity index (χ2v) is 7.47. The van der Waals surface area contributed by atoms with Crippen LogP contribution < -0.4 is 0 Å². The molecule has 1 atom stereocenters. The number of hydrogen-bond acceptors (Lipinski definition) is 3. The zero-order chi connectivity index (χ0) is 15.2. The molecule has 2 rings (SSSR count). The van der Waals surface area contributed by atoms with Crippen molar-refractivity contribution in [2.24, 2.45) is 5.92 Å². The lowest BCUT2D eigenvalue weighted by atomic mass is 9.83. The lowest BCUT2D eigenvalue weighted by Crippen LogP contribution is -2.51. The molecular formula is C18H36N2O. The maximum absolute atomic E-state index is 5.48. The third-order valence-corrected chi connectivity index (χ3v) is 5.82. The molecule has 1 aliphatic heterocycles. The molecule has 0 aromatic rings. The van der Waals surface area contributed by atoms with E-state index in [2.05, 4.69) is 30.6 Å². The average Bonchev–Trinajstić information content (AvgIpc) is 2.53. The van der Waals surface area contributed by atoms with Gasteiger partial charge in [0.1, 0.15) is 0 Å². The lowest BCUT2D eigenvalue weighted by molar-refractivity contribution is 0.0506. The highest BCUT2D eigenvalue weighted by atomic mass is 16.5. The first-order chi connectivity index (χ1) is 10.1. The maximum Gasteiger partial charge on any atom is 0.0571 e. The highest BCUT2D eigenvalue weighted by Gasteiger charge is 2.24. The molecule has 3 nitrogen and oxygen atoms in total. The predicted molar refractivity (Wildman–Crippen MR) is 89.7 cm³/mol.